The van der Waals surface area contributed by atoms with Crippen LogP contribution >= 0.6 is 0 Å². The molecule has 7 heteroatoms. The van der Waals surface area contributed by atoms with Crippen LogP contribution in [0.1, 0.15) is 76.3 Å². The SMILES string of the molecule is CC.CC(C)(C)OC(=O)N1CCCC1.COC(=O)c1ccc(C(C)NC=O)cc1. The number of rotatable bonds is 4. The molecule has 1 aliphatic rings. The van der Waals surface area contributed by atoms with Crippen molar-refractivity contribution in [2.75, 3.05) is 20.2 Å². The van der Waals surface area contributed by atoms with E-state index < -0.39 is 0 Å². The summed E-state index contributed by atoms with van der Waals surface area (Å²) in [6, 6.07) is 6.85. The van der Waals surface area contributed by atoms with Gasteiger partial charge in [-0.15, -0.1) is 0 Å². The van der Waals surface area contributed by atoms with Gasteiger partial charge < -0.3 is 19.7 Å². The molecular weight excluding hydrogens is 372 g/mol. The van der Waals surface area contributed by atoms with Crippen LogP contribution in [0.3, 0.4) is 0 Å². The van der Waals surface area contributed by atoms with E-state index in [1.54, 1.807) is 29.2 Å². The minimum atomic E-state index is -0.363. The molecule has 0 saturated carbocycles. The van der Waals surface area contributed by atoms with Gasteiger partial charge in [0, 0.05) is 13.1 Å². The number of amides is 2. The largest absolute Gasteiger partial charge is 0.465 e. The van der Waals surface area contributed by atoms with Gasteiger partial charge in [0.1, 0.15) is 5.60 Å². The topological polar surface area (TPSA) is 84.9 Å². The third kappa shape index (κ3) is 10.5. The van der Waals surface area contributed by atoms with Gasteiger partial charge >= 0.3 is 12.1 Å². The van der Waals surface area contributed by atoms with Crippen LogP contribution in [-0.2, 0) is 14.3 Å². The Kier molecular flexibility index (Phi) is 12.4. The van der Waals surface area contributed by atoms with Gasteiger partial charge in [0.25, 0.3) is 0 Å². The molecule has 0 spiro atoms. The Labute approximate surface area is 174 Å². The molecule has 1 saturated heterocycles. The zero-order chi connectivity index (χ0) is 22.4. The lowest BCUT2D eigenvalue weighted by molar-refractivity contribution is -0.110. The van der Waals surface area contributed by atoms with Crippen LogP contribution in [0.25, 0.3) is 0 Å². The van der Waals surface area contributed by atoms with Gasteiger partial charge in [0.2, 0.25) is 6.41 Å². The predicted octanol–water partition coefficient (Wildman–Crippen LogP) is 4.32. The fourth-order valence-electron chi connectivity index (χ4n) is 2.45. The second kappa shape index (κ2) is 13.6. The number of methoxy groups -OCH3 is 1. The molecule has 29 heavy (non-hydrogen) atoms. The summed E-state index contributed by atoms with van der Waals surface area (Å²) in [5.41, 5.74) is 1.08. The van der Waals surface area contributed by atoms with E-state index in [4.69, 9.17) is 4.74 Å². The van der Waals surface area contributed by atoms with Gasteiger partial charge in [-0.25, -0.2) is 9.59 Å². The Balaban J connectivity index is 0.000000508. The molecular formula is C22H36N2O5. The van der Waals surface area contributed by atoms with Crippen molar-refractivity contribution in [2.24, 2.45) is 0 Å². The molecule has 1 aromatic rings. The van der Waals surface area contributed by atoms with Crippen LogP contribution in [0, 0.1) is 0 Å². The summed E-state index contributed by atoms with van der Waals surface area (Å²) in [4.78, 5) is 34.5. The maximum atomic E-state index is 11.4. The second-order valence-corrected chi connectivity index (χ2v) is 7.29. The summed E-state index contributed by atoms with van der Waals surface area (Å²) in [5, 5.41) is 2.63. The Morgan fingerprint density at radius 1 is 1.10 bits per heavy atom. The van der Waals surface area contributed by atoms with Gasteiger partial charge in [0.05, 0.1) is 18.7 Å². The van der Waals surface area contributed by atoms with Crippen molar-refractivity contribution in [3.63, 3.8) is 0 Å². The first-order chi connectivity index (χ1) is 13.7. The first kappa shape index (κ1) is 26.4. The molecule has 0 aromatic heterocycles. The summed E-state index contributed by atoms with van der Waals surface area (Å²) in [7, 11) is 1.34. The van der Waals surface area contributed by atoms with Gasteiger partial charge in [-0.2, -0.15) is 0 Å². The average molecular weight is 409 g/mol. The zero-order valence-electron chi connectivity index (χ0n) is 18.8. The van der Waals surface area contributed by atoms with Gasteiger partial charge in [-0.1, -0.05) is 26.0 Å². The smallest absolute Gasteiger partial charge is 0.410 e. The highest BCUT2D eigenvalue weighted by atomic mass is 16.6. The average Bonchev–Trinajstić information content (AvgIpc) is 3.23. The minimum absolute atomic E-state index is 0.0609. The Hall–Kier alpha value is -2.57. The molecule has 0 bridgehead atoms. The van der Waals surface area contributed by atoms with Crippen molar-refractivity contribution in [3.05, 3.63) is 35.4 Å². The standard InChI is InChI=1S/C11H13NO3.C9H17NO2.C2H6/c1-8(12-7-13)9-3-5-10(6-4-9)11(14)15-2;1-9(2,3)12-8(11)10-6-4-5-7-10;1-2/h3-8H,1-2H3,(H,12,13);4-7H2,1-3H3;1-2H3. The number of benzene rings is 1. The molecule has 1 fully saturated rings. The lowest BCUT2D eigenvalue weighted by atomic mass is 10.1. The molecule has 1 heterocycles. The van der Waals surface area contributed by atoms with Crippen LogP contribution in [0.2, 0.25) is 0 Å². The summed E-state index contributed by atoms with van der Waals surface area (Å²) in [6.45, 7) is 13.2. The maximum Gasteiger partial charge on any atom is 0.410 e. The highest BCUT2D eigenvalue weighted by Gasteiger charge is 2.23. The molecule has 2 amide bonds. The fourth-order valence-corrected chi connectivity index (χ4v) is 2.45. The highest BCUT2D eigenvalue weighted by molar-refractivity contribution is 5.89. The van der Waals surface area contributed by atoms with E-state index in [-0.39, 0.29) is 23.7 Å². The normalized spacial score (nSPS) is 13.7. The summed E-state index contributed by atoms with van der Waals surface area (Å²) in [5.74, 6) is -0.363. The molecule has 2 rings (SSSR count). The Morgan fingerprint density at radius 2 is 1.62 bits per heavy atom. The maximum absolute atomic E-state index is 11.4. The molecule has 164 valence electrons. The fraction of sp³-hybridized carbons (Fsp3) is 0.591. The van der Waals surface area contributed by atoms with E-state index in [2.05, 4.69) is 10.1 Å². The van der Waals surface area contributed by atoms with Crippen molar-refractivity contribution in [1.82, 2.24) is 10.2 Å². The van der Waals surface area contributed by atoms with Crippen LogP contribution in [0.4, 0.5) is 4.79 Å². The Bertz CT molecular complexity index is 617. The summed E-state index contributed by atoms with van der Waals surface area (Å²) < 4.78 is 9.78. The molecule has 0 radical (unpaired) electrons. The summed E-state index contributed by atoms with van der Waals surface area (Å²) in [6.07, 6.45) is 2.71. The minimum Gasteiger partial charge on any atom is -0.465 e. The van der Waals surface area contributed by atoms with E-state index in [0.29, 0.717) is 12.0 Å². The molecule has 7 nitrogen and oxygen atoms in total. The van der Waals surface area contributed by atoms with Crippen molar-refractivity contribution in [3.8, 4) is 0 Å². The van der Waals surface area contributed by atoms with Crippen molar-refractivity contribution in [2.45, 2.75) is 66.0 Å². The van der Waals surface area contributed by atoms with E-state index in [1.807, 2.05) is 41.5 Å². The van der Waals surface area contributed by atoms with Crippen molar-refractivity contribution < 1.29 is 23.9 Å². The van der Waals surface area contributed by atoms with Crippen molar-refractivity contribution >= 4 is 18.5 Å². The first-order valence-electron chi connectivity index (χ1n) is 10.0. The van der Waals surface area contributed by atoms with E-state index >= 15 is 0 Å². The second-order valence-electron chi connectivity index (χ2n) is 7.29. The molecule has 1 aliphatic heterocycles. The number of hydrogen-bond acceptors (Lipinski definition) is 5. The molecule has 1 N–H and O–H groups in total. The number of carbonyl (C=O) groups is 3. The third-order valence-corrected chi connectivity index (χ3v) is 3.91. The van der Waals surface area contributed by atoms with E-state index in [1.165, 1.54) is 7.11 Å². The predicted molar refractivity (Wildman–Crippen MR) is 114 cm³/mol. The van der Waals surface area contributed by atoms with E-state index in [9.17, 15) is 14.4 Å². The highest BCUT2D eigenvalue weighted by Crippen LogP contribution is 2.14. The molecule has 1 aromatic carbocycles. The molecule has 1 unspecified atom stereocenters. The summed E-state index contributed by atoms with van der Waals surface area (Å²) >= 11 is 0. The van der Waals surface area contributed by atoms with Crippen LogP contribution < -0.4 is 5.32 Å². The Morgan fingerprint density at radius 3 is 2.03 bits per heavy atom. The van der Waals surface area contributed by atoms with Crippen LogP contribution in [-0.4, -0.2) is 49.2 Å². The number of esters is 1. The third-order valence-electron chi connectivity index (χ3n) is 3.91. The van der Waals surface area contributed by atoms with Crippen LogP contribution in [0.15, 0.2) is 24.3 Å². The molecule has 1 atom stereocenters. The number of nitrogens with zero attached hydrogens (tertiary/aromatic N) is 1. The number of hydrogen-bond donors (Lipinski definition) is 1. The monoisotopic (exact) mass is 408 g/mol. The van der Waals surface area contributed by atoms with Crippen molar-refractivity contribution in [1.29, 1.82) is 0 Å². The zero-order valence-corrected chi connectivity index (χ0v) is 18.8. The van der Waals surface area contributed by atoms with Gasteiger partial charge in [-0.05, 0) is 58.2 Å². The quantitative estimate of drug-likeness (QED) is 0.592. The lowest BCUT2D eigenvalue weighted by Gasteiger charge is -2.23. The van der Waals surface area contributed by atoms with Crippen LogP contribution in [0.5, 0.6) is 0 Å². The van der Waals surface area contributed by atoms with Gasteiger partial charge in [-0.3, -0.25) is 4.79 Å². The number of ether oxygens (including phenoxy) is 2. The molecule has 0 aliphatic carbocycles. The van der Waals surface area contributed by atoms with E-state index in [0.717, 1.165) is 31.5 Å². The first-order valence-corrected chi connectivity index (χ1v) is 10.0. The number of carbonyl (C=O) groups excluding carboxylic acids is 3. The number of nitrogens with one attached hydrogen (secondary N) is 1. The van der Waals surface area contributed by atoms with Gasteiger partial charge in [0.15, 0.2) is 0 Å². The lowest BCUT2D eigenvalue weighted by Crippen LogP contribution is -2.34. The number of likely N-dealkylation sites (tertiary alicyclic amines) is 1.